The van der Waals surface area contributed by atoms with Crippen molar-refractivity contribution in [1.29, 1.82) is 0 Å². The topological polar surface area (TPSA) is 67.8 Å². The molecule has 2 heterocycles. The van der Waals surface area contributed by atoms with Crippen LogP contribution < -0.4 is 5.32 Å². The fraction of sp³-hybridized carbons (Fsp3) is 0.0476. The molecule has 0 radical (unpaired) electrons. The van der Waals surface area contributed by atoms with Crippen LogP contribution in [-0.4, -0.2) is 20.9 Å². The van der Waals surface area contributed by atoms with Crippen molar-refractivity contribution < 1.29 is 4.79 Å². The minimum absolute atomic E-state index is 0.118. The van der Waals surface area contributed by atoms with E-state index in [0.29, 0.717) is 5.13 Å². The van der Waals surface area contributed by atoms with Gasteiger partial charge in [0.25, 0.3) is 0 Å². The number of thiazole rings is 1. The van der Waals surface area contributed by atoms with Crippen LogP contribution >= 0.6 is 11.3 Å². The van der Waals surface area contributed by atoms with E-state index in [0.717, 1.165) is 21.7 Å². The molecule has 0 aliphatic heterocycles. The van der Waals surface area contributed by atoms with Gasteiger partial charge in [-0.1, -0.05) is 72.0 Å². The van der Waals surface area contributed by atoms with Gasteiger partial charge < -0.3 is 5.32 Å². The first-order chi connectivity index (χ1) is 13.3. The predicted molar refractivity (Wildman–Crippen MR) is 106 cm³/mol. The van der Waals surface area contributed by atoms with Gasteiger partial charge in [0.1, 0.15) is 5.69 Å². The summed E-state index contributed by atoms with van der Waals surface area (Å²) in [5, 5.41) is 3.49. The quantitative estimate of drug-likeness (QED) is 0.565. The highest BCUT2D eigenvalue weighted by Gasteiger charge is 2.23. The van der Waals surface area contributed by atoms with E-state index >= 15 is 0 Å². The third-order valence-corrected chi connectivity index (χ3v) is 5.01. The van der Waals surface area contributed by atoms with E-state index in [9.17, 15) is 4.79 Å². The summed E-state index contributed by atoms with van der Waals surface area (Å²) in [6.45, 7) is 0. The standard InChI is InChI=1S/C21H16N4OS/c26-20(25-21-24-14-18(27-21)17-13-22-11-12-23-17)19(15-7-3-1-4-8-15)16-9-5-2-6-10-16/h1-14,19H,(H,24,25,26). The Balaban J connectivity index is 1.61. The molecule has 0 saturated heterocycles. The zero-order valence-electron chi connectivity index (χ0n) is 14.3. The monoisotopic (exact) mass is 372 g/mol. The Morgan fingerprint density at radius 1 is 0.852 bits per heavy atom. The zero-order valence-corrected chi connectivity index (χ0v) is 15.1. The summed E-state index contributed by atoms with van der Waals surface area (Å²) in [6, 6.07) is 19.5. The molecule has 27 heavy (non-hydrogen) atoms. The maximum absolute atomic E-state index is 13.1. The molecule has 0 saturated carbocycles. The lowest BCUT2D eigenvalue weighted by atomic mass is 9.90. The van der Waals surface area contributed by atoms with Crippen LogP contribution in [0.2, 0.25) is 0 Å². The molecular formula is C21H16N4OS. The lowest BCUT2D eigenvalue weighted by molar-refractivity contribution is -0.116. The van der Waals surface area contributed by atoms with Gasteiger partial charge >= 0.3 is 0 Å². The molecule has 6 heteroatoms. The Morgan fingerprint density at radius 3 is 2.11 bits per heavy atom. The van der Waals surface area contributed by atoms with Gasteiger partial charge in [-0.05, 0) is 11.1 Å². The summed E-state index contributed by atoms with van der Waals surface area (Å²) in [5.41, 5.74) is 2.61. The number of rotatable bonds is 5. The second-order valence-corrected chi connectivity index (χ2v) is 6.89. The van der Waals surface area contributed by atoms with E-state index in [-0.39, 0.29) is 5.91 Å². The number of hydrogen-bond donors (Lipinski definition) is 1. The number of benzene rings is 2. The minimum atomic E-state index is -0.406. The first-order valence-electron chi connectivity index (χ1n) is 8.44. The molecule has 0 aliphatic rings. The van der Waals surface area contributed by atoms with E-state index in [2.05, 4.69) is 20.3 Å². The van der Waals surface area contributed by atoms with Crippen LogP contribution in [-0.2, 0) is 4.79 Å². The van der Waals surface area contributed by atoms with Gasteiger partial charge in [-0.15, -0.1) is 0 Å². The van der Waals surface area contributed by atoms with Crippen LogP contribution in [0.3, 0.4) is 0 Å². The Hall–Kier alpha value is -3.38. The van der Waals surface area contributed by atoms with Crippen LogP contribution in [0.15, 0.2) is 85.5 Å². The molecule has 0 unspecified atom stereocenters. The van der Waals surface area contributed by atoms with E-state index in [1.165, 1.54) is 11.3 Å². The van der Waals surface area contributed by atoms with Crippen molar-refractivity contribution in [3.63, 3.8) is 0 Å². The first-order valence-corrected chi connectivity index (χ1v) is 9.26. The molecule has 2 aromatic heterocycles. The van der Waals surface area contributed by atoms with Crippen molar-refractivity contribution in [3.8, 4) is 10.6 Å². The second kappa shape index (κ2) is 7.88. The number of carbonyl (C=O) groups excluding carboxylic acids is 1. The van der Waals surface area contributed by atoms with Crippen molar-refractivity contribution in [2.75, 3.05) is 5.32 Å². The van der Waals surface area contributed by atoms with Crippen molar-refractivity contribution in [2.24, 2.45) is 0 Å². The highest BCUT2D eigenvalue weighted by atomic mass is 32.1. The van der Waals surface area contributed by atoms with Gasteiger partial charge in [-0.25, -0.2) is 4.98 Å². The van der Waals surface area contributed by atoms with E-state index in [4.69, 9.17) is 0 Å². The Bertz CT molecular complexity index is 980. The minimum Gasteiger partial charge on any atom is -0.301 e. The van der Waals surface area contributed by atoms with Gasteiger partial charge in [-0.2, -0.15) is 0 Å². The number of aromatic nitrogens is 3. The Labute approximate surface area is 160 Å². The number of nitrogens with one attached hydrogen (secondary N) is 1. The molecule has 1 N–H and O–H groups in total. The SMILES string of the molecule is O=C(Nc1ncc(-c2cnccn2)s1)C(c1ccccc1)c1ccccc1. The van der Waals surface area contributed by atoms with Gasteiger partial charge in [0, 0.05) is 18.6 Å². The van der Waals surface area contributed by atoms with Crippen molar-refractivity contribution in [2.45, 2.75) is 5.92 Å². The maximum atomic E-state index is 13.1. The Kier molecular flexibility index (Phi) is 4.98. The van der Waals surface area contributed by atoms with E-state index in [1.54, 1.807) is 24.8 Å². The van der Waals surface area contributed by atoms with E-state index in [1.807, 2.05) is 60.7 Å². The smallest absolute Gasteiger partial charge is 0.238 e. The number of anilines is 1. The van der Waals surface area contributed by atoms with Gasteiger partial charge in [0.15, 0.2) is 5.13 Å². The molecule has 0 spiro atoms. The maximum Gasteiger partial charge on any atom is 0.238 e. The Morgan fingerprint density at radius 2 is 1.52 bits per heavy atom. The van der Waals surface area contributed by atoms with Crippen molar-refractivity contribution in [3.05, 3.63) is 96.6 Å². The van der Waals surface area contributed by atoms with Gasteiger partial charge in [0.2, 0.25) is 5.91 Å². The van der Waals surface area contributed by atoms with Crippen molar-refractivity contribution in [1.82, 2.24) is 15.0 Å². The second-order valence-electron chi connectivity index (χ2n) is 5.86. The van der Waals surface area contributed by atoms with Gasteiger partial charge in [0.05, 0.1) is 17.0 Å². The number of nitrogens with zero attached hydrogens (tertiary/aromatic N) is 3. The highest BCUT2D eigenvalue weighted by Crippen LogP contribution is 2.30. The highest BCUT2D eigenvalue weighted by molar-refractivity contribution is 7.19. The third kappa shape index (κ3) is 3.91. The summed E-state index contributed by atoms with van der Waals surface area (Å²) < 4.78 is 0. The molecule has 132 valence electrons. The lowest BCUT2D eigenvalue weighted by Crippen LogP contribution is -2.22. The summed E-state index contributed by atoms with van der Waals surface area (Å²) in [4.78, 5) is 26.6. The van der Waals surface area contributed by atoms with Crippen LogP contribution in [0, 0.1) is 0 Å². The molecule has 0 aliphatic carbocycles. The molecule has 4 rings (SSSR count). The number of amides is 1. The van der Waals surface area contributed by atoms with Crippen molar-refractivity contribution >= 4 is 22.4 Å². The molecule has 2 aromatic carbocycles. The third-order valence-electron chi connectivity index (χ3n) is 4.08. The van der Waals surface area contributed by atoms with E-state index < -0.39 is 5.92 Å². The normalized spacial score (nSPS) is 10.7. The fourth-order valence-corrected chi connectivity index (χ4v) is 3.62. The average molecular weight is 372 g/mol. The van der Waals surface area contributed by atoms with Crippen LogP contribution in [0.1, 0.15) is 17.0 Å². The lowest BCUT2D eigenvalue weighted by Gasteiger charge is -2.17. The molecule has 0 bridgehead atoms. The summed E-state index contributed by atoms with van der Waals surface area (Å²) >= 11 is 1.38. The molecule has 1 amide bonds. The summed E-state index contributed by atoms with van der Waals surface area (Å²) in [7, 11) is 0. The van der Waals surface area contributed by atoms with Gasteiger partial charge in [-0.3, -0.25) is 14.8 Å². The zero-order chi connectivity index (χ0) is 18.5. The summed E-state index contributed by atoms with van der Waals surface area (Å²) in [5.74, 6) is -0.524. The molecule has 0 atom stereocenters. The molecule has 5 nitrogen and oxygen atoms in total. The molecule has 0 fully saturated rings. The number of hydrogen-bond acceptors (Lipinski definition) is 5. The largest absolute Gasteiger partial charge is 0.301 e. The van der Waals surface area contributed by atoms with Crippen LogP contribution in [0.5, 0.6) is 0 Å². The number of carbonyl (C=O) groups is 1. The van der Waals surface area contributed by atoms with Crippen LogP contribution in [0.4, 0.5) is 5.13 Å². The predicted octanol–water partition coefficient (Wildman–Crippen LogP) is 4.37. The fourth-order valence-electron chi connectivity index (χ4n) is 2.84. The van der Waals surface area contributed by atoms with Crippen LogP contribution in [0.25, 0.3) is 10.6 Å². The summed E-state index contributed by atoms with van der Waals surface area (Å²) in [6.07, 6.45) is 6.63. The average Bonchev–Trinajstić information content (AvgIpc) is 3.19. The first kappa shape index (κ1) is 17.1. The molecule has 4 aromatic rings. The molecular weight excluding hydrogens is 356 g/mol.